The van der Waals surface area contributed by atoms with Crippen molar-refractivity contribution in [2.75, 3.05) is 0 Å². The maximum absolute atomic E-state index is 12.5. The highest BCUT2D eigenvalue weighted by molar-refractivity contribution is 7.20. The van der Waals surface area contributed by atoms with Crippen LogP contribution in [-0.2, 0) is 12.0 Å². The van der Waals surface area contributed by atoms with Gasteiger partial charge in [-0.05, 0) is 31.5 Å². The lowest BCUT2D eigenvalue weighted by Gasteiger charge is -2.16. The average Bonchev–Trinajstić information content (AvgIpc) is 3.12. The van der Waals surface area contributed by atoms with E-state index in [1.54, 1.807) is 12.3 Å². The highest BCUT2D eigenvalue weighted by Crippen LogP contribution is 2.33. The summed E-state index contributed by atoms with van der Waals surface area (Å²) in [6, 6.07) is 3.64. The van der Waals surface area contributed by atoms with Gasteiger partial charge in [0.05, 0.1) is 23.4 Å². The van der Waals surface area contributed by atoms with Crippen LogP contribution in [0.4, 0.5) is 0 Å². The predicted molar refractivity (Wildman–Crippen MR) is 95.5 cm³/mol. The summed E-state index contributed by atoms with van der Waals surface area (Å²) in [4.78, 5) is 23.4. The van der Waals surface area contributed by atoms with Gasteiger partial charge < -0.3 is 9.73 Å². The van der Waals surface area contributed by atoms with E-state index in [9.17, 15) is 4.79 Å². The van der Waals surface area contributed by atoms with Crippen LogP contribution in [0.3, 0.4) is 0 Å². The molecule has 0 bridgehead atoms. The van der Waals surface area contributed by atoms with Crippen LogP contribution in [0.1, 0.15) is 53.3 Å². The quantitative estimate of drug-likeness (QED) is 0.776. The Bertz CT molecular complexity index is 889. The van der Waals surface area contributed by atoms with Gasteiger partial charge in [-0.25, -0.2) is 9.97 Å². The van der Waals surface area contributed by atoms with Crippen LogP contribution in [0.5, 0.6) is 0 Å². The van der Waals surface area contributed by atoms with E-state index in [4.69, 9.17) is 9.40 Å². The summed E-state index contributed by atoms with van der Waals surface area (Å²) in [6.07, 6.45) is 1.60. The summed E-state index contributed by atoms with van der Waals surface area (Å²) in [6.45, 7) is 10.6. The van der Waals surface area contributed by atoms with Gasteiger partial charge in [-0.3, -0.25) is 4.79 Å². The molecule has 3 aromatic rings. The van der Waals surface area contributed by atoms with Crippen LogP contribution in [0.2, 0.25) is 0 Å². The second-order valence-corrected chi connectivity index (χ2v) is 7.88. The van der Waals surface area contributed by atoms with Crippen molar-refractivity contribution in [2.45, 2.75) is 46.6 Å². The molecule has 0 unspecified atom stereocenters. The van der Waals surface area contributed by atoms with Crippen molar-refractivity contribution in [1.29, 1.82) is 0 Å². The fourth-order valence-electron chi connectivity index (χ4n) is 2.55. The predicted octanol–water partition coefficient (Wildman–Crippen LogP) is 4.13. The number of furan rings is 1. The first kappa shape index (κ1) is 16.6. The first-order valence-electron chi connectivity index (χ1n) is 7.86. The third kappa shape index (κ3) is 3.06. The number of aryl methyl sites for hydroxylation is 2. The summed E-state index contributed by atoms with van der Waals surface area (Å²) in [7, 11) is 0. The fourth-order valence-corrected chi connectivity index (χ4v) is 3.70. The Labute approximate surface area is 145 Å². The summed E-state index contributed by atoms with van der Waals surface area (Å²) < 4.78 is 5.25. The van der Waals surface area contributed by atoms with E-state index >= 15 is 0 Å². The van der Waals surface area contributed by atoms with Crippen molar-refractivity contribution >= 4 is 27.5 Å². The smallest absolute Gasteiger partial charge is 0.262 e. The van der Waals surface area contributed by atoms with Crippen LogP contribution in [0, 0.1) is 13.8 Å². The van der Waals surface area contributed by atoms with Crippen molar-refractivity contribution in [3.63, 3.8) is 0 Å². The van der Waals surface area contributed by atoms with Crippen molar-refractivity contribution in [2.24, 2.45) is 0 Å². The van der Waals surface area contributed by atoms with Gasteiger partial charge in [0.2, 0.25) is 0 Å². The molecule has 0 aliphatic rings. The van der Waals surface area contributed by atoms with Crippen molar-refractivity contribution in [1.82, 2.24) is 15.3 Å². The number of hydrogen-bond donors (Lipinski definition) is 1. The lowest BCUT2D eigenvalue weighted by molar-refractivity contribution is 0.0951. The standard InChI is InChI=1S/C18H21N3O2S/c1-10-13-11(2)20-17(18(3,4)5)21-16(13)24-14(10)15(22)19-9-12-7-6-8-23-12/h6-8H,9H2,1-5H3,(H,19,22). The second kappa shape index (κ2) is 6.02. The molecule has 0 saturated heterocycles. The Morgan fingerprint density at radius 3 is 2.67 bits per heavy atom. The van der Waals surface area contributed by atoms with Crippen molar-refractivity contribution in [3.05, 3.63) is 46.1 Å². The van der Waals surface area contributed by atoms with Gasteiger partial charge in [0.15, 0.2) is 0 Å². The average molecular weight is 343 g/mol. The highest BCUT2D eigenvalue weighted by atomic mass is 32.1. The van der Waals surface area contributed by atoms with Crippen molar-refractivity contribution in [3.8, 4) is 0 Å². The SMILES string of the molecule is Cc1nc(C(C)(C)C)nc2sc(C(=O)NCc3ccco3)c(C)c12. The molecule has 126 valence electrons. The van der Waals surface area contributed by atoms with Gasteiger partial charge in [0, 0.05) is 10.8 Å². The van der Waals surface area contributed by atoms with Crippen molar-refractivity contribution < 1.29 is 9.21 Å². The van der Waals surface area contributed by atoms with Gasteiger partial charge in [-0.2, -0.15) is 0 Å². The zero-order valence-corrected chi connectivity index (χ0v) is 15.4. The summed E-state index contributed by atoms with van der Waals surface area (Å²) in [5.41, 5.74) is 1.73. The van der Waals surface area contributed by atoms with Gasteiger partial charge in [0.25, 0.3) is 5.91 Å². The first-order chi connectivity index (χ1) is 11.3. The Kier molecular flexibility index (Phi) is 4.17. The Balaban J connectivity index is 1.95. The molecule has 0 aliphatic heterocycles. The normalized spacial score (nSPS) is 11.9. The van der Waals surface area contributed by atoms with Crippen LogP contribution in [-0.4, -0.2) is 15.9 Å². The lowest BCUT2D eigenvalue weighted by Crippen LogP contribution is -2.22. The van der Waals surface area contributed by atoms with E-state index in [2.05, 4.69) is 31.1 Å². The van der Waals surface area contributed by atoms with Crippen LogP contribution in [0.15, 0.2) is 22.8 Å². The van der Waals surface area contributed by atoms with E-state index < -0.39 is 0 Å². The van der Waals surface area contributed by atoms with Gasteiger partial charge in [0.1, 0.15) is 16.4 Å². The maximum atomic E-state index is 12.5. The van der Waals surface area contributed by atoms with Gasteiger partial charge in [-0.15, -0.1) is 11.3 Å². The van der Waals surface area contributed by atoms with Crippen LogP contribution in [0.25, 0.3) is 10.2 Å². The molecule has 6 heteroatoms. The Morgan fingerprint density at radius 2 is 2.04 bits per heavy atom. The molecule has 0 saturated carbocycles. The molecule has 1 N–H and O–H groups in total. The maximum Gasteiger partial charge on any atom is 0.262 e. The van der Waals surface area contributed by atoms with Gasteiger partial charge >= 0.3 is 0 Å². The number of carbonyl (C=O) groups excluding carboxylic acids is 1. The summed E-state index contributed by atoms with van der Waals surface area (Å²) in [5.74, 6) is 1.42. The minimum atomic E-state index is -0.126. The number of thiophene rings is 1. The number of rotatable bonds is 3. The molecule has 3 aromatic heterocycles. The highest BCUT2D eigenvalue weighted by Gasteiger charge is 2.23. The fraction of sp³-hybridized carbons (Fsp3) is 0.389. The van der Waals surface area contributed by atoms with E-state index in [0.717, 1.165) is 33.1 Å². The molecule has 24 heavy (non-hydrogen) atoms. The minimum absolute atomic E-state index is 0.108. The molecular weight excluding hydrogens is 322 g/mol. The molecule has 0 aromatic carbocycles. The Hall–Kier alpha value is -2.21. The Morgan fingerprint density at radius 1 is 1.29 bits per heavy atom. The molecular formula is C18H21N3O2S. The minimum Gasteiger partial charge on any atom is -0.467 e. The third-order valence-corrected chi connectivity index (χ3v) is 5.04. The lowest BCUT2D eigenvalue weighted by atomic mass is 9.95. The number of nitrogens with one attached hydrogen (secondary N) is 1. The summed E-state index contributed by atoms with van der Waals surface area (Å²) in [5, 5.41) is 3.88. The second-order valence-electron chi connectivity index (χ2n) is 6.88. The molecule has 0 spiro atoms. The van der Waals surface area contributed by atoms with E-state index in [-0.39, 0.29) is 11.3 Å². The number of hydrogen-bond acceptors (Lipinski definition) is 5. The number of carbonyl (C=O) groups is 1. The van der Waals surface area contributed by atoms with Crippen LogP contribution >= 0.6 is 11.3 Å². The van der Waals surface area contributed by atoms with E-state index in [0.29, 0.717) is 11.4 Å². The molecule has 0 fully saturated rings. The number of nitrogens with zero attached hydrogens (tertiary/aromatic N) is 2. The zero-order chi connectivity index (χ0) is 17.5. The number of fused-ring (bicyclic) bond motifs is 1. The molecule has 3 rings (SSSR count). The molecule has 0 aliphatic carbocycles. The third-order valence-electron chi connectivity index (χ3n) is 3.85. The number of amides is 1. The summed E-state index contributed by atoms with van der Waals surface area (Å²) >= 11 is 1.42. The molecule has 3 heterocycles. The van der Waals surface area contributed by atoms with E-state index in [1.807, 2.05) is 19.9 Å². The first-order valence-corrected chi connectivity index (χ1v) is 8.68. The van der Waals surface area contributed by atoms with Gasteiger partial charge in [-0.1, -0.05) is 20.8 Å². The van der Waals surface area contributed by atoms with E-state index in [1.165, 1.54) is 11.3 Å². The topological polar surface area (TPSA) is 68.0 Å². The monoisotopic (exact) mass is 343 g/mol. The molecule has 0 atom stereocenters. The molecule has 0 radical (unpaired) electrons. The number of aromatic nitrogens is 2. The molecule has 5 nitrogen and oxygen atoms in total. The zero-order valence-electron chi connectivity index (χ0n) is 14.6. The molecule has 1 amide bonds. The largest absolute Gasteiger partial charge is 0.467 e. The van der Waals surface area contributed by atoms with Crippen LogP contribution < -0.4 is 5.32 Å².